The standard InChI is InChI=1S/C17H16N2O3/c1-18-10-11-2-3-13-9-14(5-4-12(13)8-11)22-15-6-7-16(20)19-17(15)21/h2-5,8-10,15H,6-7H2,1H3,(H,19,20,21)/b18-10-. The molecule has 22 heavy (non-hydrogen) atoms. The molecule has 1 N–H and O–H groups in total. The molecule has 1 atom stereocenters. The molecule has 0 spiro atoms. The number of carbonyl (C=O) groups is 2. The Kier molecular flexibility index (Phi) is 3.87. The highest BCUT2D eigenvalue weighted by Crippen LogP contribution is 2.24. The van der Waals surface area contributed by atoms with Crippen LogP contribution in [0, 0.1) is 0 Å². The van der Waals surface area contributed by atoms with E-state index in [0.717, 1.165) is 16.3 Å². The van der Waals surface area contributed by atoms with E-state index in [2.05, 4.69) is 10.3 Å². The minimum absolute atomic E-state index is 0.242. The molecule has 112 valence electrons. The van der Waals surface area contributed by atoms with Gasteiger partial charge in [-0.25, -0.2) is 0 Å². The van der Waals surface area contributed by atoms with Gasteiger partial charge in [0.05, 0.1) is 0 Å². The Labute approximate surface area is 128 Å². The Morgan fingerprint density at radius 3 is 2.73 bits per heavy atom. The molecule has 1 aliphatic rings. The van der Waals surface area contributed by atoms with Crippen LogP contribution >= 0.6 is 0 Å². The summed E-state index contributed by atoms with van der Waals surface area (Å²) in [5.41, 5.74) is 1.04. The van der Waals surface area contributed by atoms with Gasteiger partial charge in [0, 0.05) is 26.1 Å². The summed E-state index contributed by atoms with van der Waals surface area (Å²) in [5, 5.41) is 4.39. The first-order valence-corrected chi connectivity index (χ1v) is 7.12. The second kappa shape index (κ2) is 5.97. The number of amides is 2. The molecule has 3 rings (SSSR count). The van der Waals surface area contributed by atoms with Crippen molar-refractivity contribution in [1.82, 2.24) is 5.32 Å². The lowest BCUT2D eigenvalue weighted by Gasteiger charge is -2.22. The maximum absolute atomic E-state index is 11.7. The van der Waals surface area contributed by atoms with Crippen molar-refractivity contribution < 1.29 is 14.3 Å². The molecule has 1 aliphatic heterocycles. The lowest BCUT2D eigenvalue weighted by molar-refractivity contribution is -0.138. The van der Waals surface area contributed by atoms with Crippen molar-refractivity contribution in [2.24, 2.45) is 4.99 Å². The van der Waals surface area contributed by atoms with Crippen LogP contribution in [0.2, 0.25) is 0 Å². The van der Waals surface area contributed by atoms with Crippen molar-refractivity contribution in [3.8, 4) is 5.75 Å². The summed E-state index contributed by atoms with van der Waals surface area (Å²) >= 11 is 0. The van der Waals surface area contributed by atoms with Crippen LogP contribution in [0.15, 0.2) is 41.4 Å². The Morgan fingerprint density at radius 2 is 1.95 bits per heavy atom. The minimum atomic E-state index is -0.610. The van der Waals surface area contributed by atoms with E-state index >= 15 is 0 Å². The number of benzene rings is 2. The third-order valence-corrected chi connectivity index (χ3v) is 3.58. The van der Waals surface area contributed by atoms with Crippen molar-refractivity contribution in [3.63, 3.8) is 0 Å². The van der Waals surface area contributed by atoms with Crippen molar-refractivity contribution >= 4 is 28.8 Å². The third kappa shape index (κ3) is 2.98. The number of nitrogens with zero attached hydrogens (tertiary/aromatic N) is 1. The van der Waals surface area contributed by atoms with Gasteiger partial charge in [-0.2, -0.15) is 0 Å². The normalized spacial score (nSPS) is 18.7. The van der Waals surface area contributed by atoms with Crippen LogP contribution in [0.3, 0.4) is 0 Å². The molecule has 2 amide bonds. The van der Waals surface area contributed by atoms with Crippen LogP contribution in [0.5, 0.6) is 5.75 Å². The van der Waals surface area contributed by atoms with Gasteiger partial charge in [-0.05, 0) is 34.5 Å². The van der Waals surface area contributed by atoms with Gasteiger partial charge in [-0.1, -0.05) is 18.2 Å². The fraction of sp³-hybridized carbons (Fsp3) is 0.235. The van der Waals surface area contributed by atoms with Crippen molar-refractivity contribution in [2.45, 2.75) is 18.9 Å². The van der Waals surface area contributed by atoms with Gasteiger partial charge in [-0.3, -0.25) is 19.9 Å². The van der Waals surface area contributed by atoms with Crippen LogP contribution in [0.1, 0.15) is 18.4 Å². The number of aliphatic imine (C=N–C) groups is 1. The molecule has 1 heterocycles. The number of ether oxygens (including phenoxy) is 1. The summed E-state index contributed by atoms with van der Waals surface area (Å²) in [4.78, 5) is 26.9. The summed E-state index contributed by atoms with van der Waals surface area (Å²) in [5.74, 6) is 0.0123. The van der Waals surface area contributed by atoms with E-state index < -0.39 is 6.10 Å². The number of rotatable bonds is 3. The predicted molar refractivity (Wildman–Crippen MR) is 84.3 cm³/mol. The molecule has 1 unspecified atom stereocenters. The molecular formula is C17H16N2O3. The number of imide groups is 1. The van der Waals surface area contributed by atoms with Gasteiger partial charge in [0.1, 0.15) is 5.75 Å². The zero-order valence-corrected chi connectivity index (χ0v) is 12.2. The average molecular weight is 296 g/mol. The highest BCUT2D eigenvalue weighted by molar-refractivity contribution is 6.00. The van der Waals surface area contributed by atoms with Crippen LogP contribution < -0.4 is 10.1 Å². The van der Waals surface area contributed by atoms with Gasteiger partial charge in [-0.15, -0.1) is 0 Å². The molecule has 5 heteroatoms. The van der Waals surface area contributed by atoms with Crippen LogP contribution in [0.4, 0.5) is 0 Å². The monoisotopic (exact) mass is 296 g/mol. The molecule has 1 saturated heterocycles. The zero-order chi connectivity index (χ0) is 15.5. The van der Waals surface area contributed by atoms with Gasteiger partial charge < -0.3 is 4.74 Å². The summed E-state index contributed by atoms with van der Waals surface area (Å²) in [7, 11) is 1.74. The molecule has 0 aromatic heterocycles. The molecular weight excluding hydrogens is 280 g/mol. The fourth-order valence-electron chi connectivity index (χ4n) is 2.50. The molecule has 5 nitrogen and oxygen atoms in total. The largest absolute Gasteiger partial charge is 0.481 e. The number of fused-ring (bicyclic) bond motifs is 1. The highest BCUT2D eigenvalue weighted by Gasteiger charge is 2.28. The number of hydrogen-bond donors (Lipinski definition) is 1. The lowest BCUT2D eigenvalue weighted by Crippen LogP contribution is -2.46. The van der Waals surface area contributed by atoms with Crippen LogP contribution in [-0.4, -0.2) is 31.2 Å². The van der Waals surface area contributed by atoms with Gasteiger partial charge in [0.15, 0.2) is 6.10 Å². The quantitative estimate of drug-likeness (QED) is 0.696. The van der Waals surface area contributed by atoms with E-state index in [1.54, 1.807) is 13.3 Å². The van der Waals surface area contributed by atoms with Crippen molar-refractivity contribution in [1.29, 1.82) is 0 Å². The molecule has 2 aromatic rings. The fourth-order valence-corrected chi connectivity index (χ4v) is 2.50. The van der Waals surface area contributed by atoms with Crippen LogP contribution in [-0.2, 0) is 9.59 Å². The molecule has 2 aromatic carbocycles. The number of hydrogen-bond acceptors (Lipinski definition) is 4. The minimum Gasteiger partial charge on any atom is -0.481 e. The molecule has 0 radical (unpaired) electrons. The topological polar surface area (TPSA) is 67.8 Å². The Hall–Kier alpha value is -2.69. The van der Waals surface area contributed by atoms with Gasteiger partial charge >= 0.3 is 0 Å². The maximum Gasteiger partial charge on any atom is 0.267 e. The Balaban J connectivity index is 1.81. The van der Waals surface area contributed by atoms with E-state index in [1.807, 2.05) is 36.4 Å². The van der Waals surface area contributed by atoms with E-state index in [9.17, 15) is 9.59 Å². The van der Waals surface area contributed by atoms with Gasteiger partial charge in [0.25, 0.3) is 5.91 Å². The first-order chi connectivity index (χ1) is 10.7. The van der Waals surface area contributed by atoms with E-state index in [4.69, 9.17) is 4.74 Å². The van der Waals surface area contributed by atoms with Crippen molar-refractivity contribution in [2.75, 3.05) is 7.05 Å². The Bertz CT molecular complexity index is 768. The molecule has 1 fully saturated rings. The van der Waals surface area contributed by atoms with Crippen LogP contribution in [0.25, 0.3) is 10.8 Å². The maximum atomic E-state index is 11.7. The predicted octanol–water partition coefficient (Wildman–Crippen LogP) is 2.07. The third-order valence-electron chi connectivity index (χ3n) is 3.58. The van der Waals surface area contributed by atoms with Gasteiger partial charge in [0.2, 0.25) is 5.91 Å². The van der Waals surface area contributed by atoms with E-state index in [-0.39, 0.29) is 11.8 Å². The Morgan fingerprint density at radius 1 is 1.18 bits per heavy atom. The summed E-state index contributed by atoms with van der Waals surface area (Å²) < 4.78 is 5.71. The second-order valence-corrected chi connectivity index (χ2v) is 5.21. The first-order valence-electron chi connectivity index (χ1n) is 7.12. The molecule has 0 bridgehead atoms. The van der Waals surface area contributed by atoms with E-state index in [1.165, 1.54) is 0 Å². The van der Waals surface area contributed by atoms with E-state index in [0.29, 0.717) is 18.6 Å². The molecule has 0 aliphatic carbocycles. The molecule has 0 saturated carbocycles. The van der Waals surface area contributed by atoms with Crippen molar-refractivity contribution in [3.05, 3.63) is 42.0 Å². The highest BCUT2D eigenvalue weighted by atomic mass is 16.5. The number of piperidine rings is 1. The summed E-state index contributed by atoms with van der Waals surface area (Å²) in [6.07, 6.45) is 1.91. The zero-order valence-electron chi connectivity index (χ0n) is 12.2. The second-order valence-electron chi connectivity index (χ2n) is 5.21. The number of nitrogens with one attached hydrogen (secondary N) is 1. The average Bonchev–Trinajstić information content (AvgIpc) is 2.50. The summed E-state index contributed by atoms with van der Waals surface area (Å²) in [6.45, 7) is 0. The number of carbonyl (C=O) groups excluding carboxylic acids is 2. The summed E-state index contributed by atoms with van der Waals surface area (Å²) in [6, 6.07) is 11.7. The lowest BCUT2D eigenvalue weighted by atomic mass is 10.1. The first kappa shape index (κ1) is 14.3. The smallest absolute Gasteiger partial charge is 0.267 e. The SMILES string of the molecule is C/N=C\c1ccc2cc(OC3CCC(=O)NC3=O)ccc2c1.